The summed E-state index contributed by atoms with van der Waals surface area (Å²) in [6.45, 7) is 0.677. The maximum atomic E-state index is 10.8. The largest absolute Gasteiger partial charge is 0.460 e. The van der Waals surface area contributed by atoms with Crippen molar-refractivity contribution in [2.75, 3.05) is 6.61 Å². The Morgan fingerprint density at radius 1 is 1.40 bits per heavy atom. The topological polar surface area (TPSA) is 26.3 Å². The fourth-order valence-electron chi connectivity index (χ4n) is 1.55. The van der Waals surface area contributed by atoms with E-state index in [1.165, 1.54) is 24.6 Å². The summed E-state index contributed by atoms with van der Waals surface area (Å²) in [5.74, 6) is 0.0136. The fraction of sp³-hybridized carbons (Fsp3) is 0.857. The third-order valence-corrected chi connectivity index (χ3v) is 3.79. The van der Waals surface area contributed by atoms with E-state index in [2.05, 4.69) is 0 Å². The Kier molecular flexibility index (Phi) is 1.60. The van der Waals surface area contributed by atoms with Crippen LogP contribution in [0.25, 0.3) is 0 Å². The highest BCUT2D eigenvalue weighted by atomic mass is 32.2. The zero-order valence-electron chi connectivity index (χ0n) is 5.75. The highest BCUT2D eigenvalue weighted by Gasteiger charge is 2.38. The molecule has 2 atom stereocenters. The smallest absolute Gasteiger partial charge is 0.311 e. The van der Waals surface area contributed by atoms with Crippen LogP contribution in [-0.2, 0) is 21.3 Å². The number of fused-ring (bicyclic) bond motifs is 2. The minimum Gasteiger partial charge on any atom is -0.460 e. The number of hydrogen-bond donors (Lipinski definition) is 0. The van der Waals surface area contributed by atoms with E-state index in [1.54, 1.807) is 0 Å². The lowest BCUT2D eigenvalue weighted by Crippen LogP contribution is -2.14. The van der Waals surface area contributed by atoms with Gasteiger partial charge in [0.2, 0.25) is 0 Å². The molecule has 0 N–H and O–H groups in total. The molecule has 56 valence electrons. The lowest BCUT2D eigenvalue weighted by molar-refractivity contribution is -0.143. The van der Waals surface area contributed by atoms with Crippen LogP contribution in [-0.4, -0.2) is 23.1 Å². The van der Waals surface area contributed by atoms with E-state index in [-0.39, 0.29) is 5.97 Å². The van der Waals surface area contributed by atoms with E-state index in [0.717, 1.165) is 0 Å². The molecule has 2 unspecified atom stereocenters. The van der Waals surface area contributed by atoms with E-state index >= 15 is 0 Å². The molecule has 0 spiro atoms. The average Bonchev–Trinajstić information content (AvgIpc) is 2.22. The number of rotatable bonds is 0. The zero-order valence-corrected chi connectivity index (χ0v) is 6.64. The molecule has 0 aromatic rings. The Bertz CT molecular complexity index is 158. The van der Waals surface area contributed by atoms with E-state index in [1.807, 2.05) is 0 Å². The lowest BCUT2D eigenvalue weighted by Gasteiger charge is -2.02. The third-order valence-electron chi connectivity index (χ3n) is 2.09. The number of hydrogen-bond acceptors (Lipinski definition) is 2. The second-order valence-electron chi connectivity index (χ2n) is 2.92. The van der Waals surface area contributed by atoms with Gasteiger partial charge in [0.25, 0.3) is 0 Å². The standard InChI is InChI=1S/C7H10O2S/c8-7-3-5-1-2-6(10-5)4-9-7/h5-6H,1-4H2/p+1. The van der Waals surface area contributed by atoms with Gasteiger partial charge in [0.15, 0.2) is 0 Å². The van der Waals surface area contributed by atoms with Gasteiger partial charge in [-0.25, -0.2) is 0 Å². The summed E-state index contributed by atoms with van der Waals surface area (Å²) < 4.78 is 4.99. The Balaban J connectivity index is 2.05. The van der Waals surface area contributed by atoms with E-state index in [0.29, 0.717) is 23.5 Å². The SMILES string of the molecule is O=C1CC2CCC(CO1)[SH+]2. The van der Waals surface area contributed by atoms with Crippen molar-refractivity contribution in [3.05, 3.63) is 0 Å². The summed E-state index contributed by atoms with van der Waals surface area (Å²) in [7, 11) is 0. The van der Waals surface area contributed by atoms with Gasteiger partial charge in [0.1, 0.15) is 17.1 Å². The third kappa shape index (κ3) is 1.15. The Morgan fingerprint density at radius 3 is 3.10 bits per heavy atom. The van der Waals surface area contributed by atoms with Gasteiger partial charge in [-0.3, -0.25) is 4.79 Å². The predicted octanol–water partition coefficient (Wildman–Crippen LogP) is 0.279. The molecule has 0 amide bonds. The van der Waals surface area contributed by atoms with Crippen molar-refractivity contribution in [2.24, 2.45) is 0 Å². The first-order chi connectivity index (χ1) is 4.84. The number of thiol groups is 1. The quantitative estimate of drug-likeness (QED) is 0.288. The Labute approximate surface area is 64.3 Å². The number of carbonyl (C=O) groups excluding carboxylic acids is 1. The average molecular weight is 159 g/mol. The van der Waals surface area contributed by atoms with Gasteiger partial charge in [0, 0.05) is 12.8 Å². The van der Waals surface area contributed by atoms with Crippen LogP contribution in [0, 0.1) is 0 Å². The monoisotopic (exact) mass is 159 g/mol. The molecular weight excluding hydrogens is 148 g/mol. The van der Waals surface area contributed by atoms with Crippen LogP contribution in [0.5, 0.6) is 0 Å². The zero-order chi connectivity index (χ0) is 6.97. The molecule has 2 heterocycles. The highest BCUT2D eigenvalue weighted by molar-refractivity contribution is 7.80. The van der Waals surface area contributed by atoms with Gasteiger partial charge < -0.3 is 4.74 Å². The molecule has 2 nitrogen and oxygen atoms in total. The fourth-order valence-corrected chi connectivity index (χ4v) is 3.16. The summed E-state index contributed by atoms with van der Waals surface area (Å²) >= 11 is 1.46. The van der Waals surface area contributed by atoms with Gasteiger partial charge in [0.05, 0.1) is 6.42 Å². The number of carbonyl (C=O) groups is 1. The minimum absolute atomic E-state index is 0.0136. The number of cyclic esters (lactones) is 1. The summed E-state index contributed by atoms with van der Waals surface area (Å²) in [6, 6.07) is 0. The maximum absolute atomic E-state index is 10.8. The van der Waals surface area contributed by atoms with Crippen LogP contribution in [0.15, 0.2) is 0 Å². The van der Waals surface area contributed by atoms with Crippen LogP contribution in [0.2, 0.25) is 0 Å². The van der Waals surface area contributed by atoms with Gasteiger partial charge in [-0.2, -0.15) is 0 Å². The molecular formula is C7H11O2S+. The molecule has 2 aliphatic heterocycles. The lowest BCUT2D eigenvalue weighted by atomic mass is 10.1. The van der Waals surface area contributed by atoms with Crippen molar-refractivity contribution in [3.8, 4) is 0 Å². The van der Waals surface area contributed by atoms with Gasteiger partial charge >= 0.3 is 5.97 Å². The number of esters is 1. The van der Waals surface area contributed by atoms with Crippen LogP contribution in [0.3, 0.4) is 0 Å². The summed E-state index contributed by atoms with van der Waals surface area (Å²) in [5.41, 5.74) is 0. The molecule has 0 radical (unpaired) electrons. The van der Waals surface area contributed by atoms with Gasteiger partial charge in [-0.15, -0.1) is 0 Å². The van der Waals surface area contributed by atoms with Crippen molar-refractivity contribution in [1.82, 2.24) is 0 Å². The molecule has 3 heteroatoms. The maximum Gasteiger partial charge on any atom is 0.311 e. The van der Waals surface area contributed by atoms with Crippen LogP contribution in [0.1, 0.15) is 19.3 Å². The first kappa shape index (κ1) is 6.53. The van der Waals surface area contributed by atoms with Gasteiger partial charge in [-0.05, 0) is 11.8 Å². The molecule has 2 rings (SSSR count). The summed E-state index contributed by atoms with van der Waals surface area (Å²) in [4.78, 5) is 10.8. The second-order valence-corrected chi connectivity index (χ2v) is 4.68. The highest BCUT2D eigenvalue weighted by Crippen LogP contribution is 2.26. The number of ether oxygens (including phenoxy) is 1. The molecule has 2 bridgehead atoms. The molecule has 0 aromatic carbocycles. The van der Waals surface area contributed by atoms with Crippen LogP contribution < -0.4 is 0 Å². The van der Waals surface area contributed by atoms with Crippen molar-refractivity contribution < 1.29 is 9.53 Å². The van der Waals surface area contributed by atoms with Crippen molar-refractivity contribution >= 4 is 17.7 Å². The Morgan fingerprint density at radius 2 is 2.20 bits per heavy atom. The van der Waals surface area contributed by atoms with Crippen molar-refractivity contribution in [2.45, 2.75) is 29.8 Å². The molecule has 2 aliphatic rings. The summed E-state index contributed by atoms with van der Waals surface area (Å²) in [5, 5.41) is 1.29. The predicted molar refractivity (Wildman–Crippen MR) is 41.1 cm³/mol. The van der Waals surface area contributed by atoms with E-state index in [9.17, 15) is 4.79 Å². The first-order valence-electron chi connectivity index (χ1n) is 3.70. The minimum atomic E-state index is 0.0136. The Hall–Kier alpha value is -0.180. The van der Waals surface area contributed by atoms with E-state index in [4.69, 9.17) is 4.74 Å². The van der Waals surface area contributed by atoms with Gasteiger partial charge in [-0.1, -0.05) is 0 Å². The molecule has 0 saturated carbocycles. The summed E-state index contributed by atoms with van der Waals surface area (Å²) in [6.07, 6.45) is 3.17. The normalized spacial score (nSPS) is 39.0. The second kappa shape index (κ2) is 2.46. The molecule has 0 aliphatic carbocycles. The van der Waals surface area contributed by atoms with Crippen molar-refractivity contribution in [1.29, 1.82) is 0 Å². The van der Waals surface area contributed by atoms with E-state index < -0.39 is 0 Å². The first-order valence-corrected chi connectivity index (χ1v) is 4.73. The molecule has 2 fully saturated rings. The van der Waals surface area contributed by atoms with Crippen LogP contribution in [0.4, 0.5) is 0 Å². The molecule has 0 aromatic heterocycles. The molecule has 10 heavy (non-hydrogen) atoms. The molecule has 2 saturated heterocycles. The van der Waals surface area contributed by atoms with Crippen LogP contribution >= 0.6 is 0 Å². The van der Waals surface area contributed by atoms with Crippen molar-refractivity contribution in [3.63, 3.8) is 0 Å².